The minimum atomic E-state index is 0.875. The minimum Gasteiger partial charge on any atom is -0.0628 e. The Labute approximate surface area is 103 Å². The largest absolute Gasteiger partial charge is 0.0628 e. The monoisotopic (exact) mass is 224 g/mol. The molecule has 0 spiro atoms. The van der Waals surface area contributed by atoms with Crippen molar-refractivity contribution in [2.75, 3.05) is 0 Å². The first-order chi connectivity index (χ1) is 7.59. The van der Waals surface area contributed by atoms with Crippen LogP contribution in [0.15, 0.2) is 0 Å². The van der Waals surface area contributed by atoms with Crippen LogP contribution in [0.3, 0.4) is 0 Å². The summed E-state index contributed by atoms with van der Waals surface area (Å²) in [5.74, 6) is 3.85. The van der Waals surface area contributed by atoms with Gasteiger partial charge in [0, 0.05) is 0 Å². The fraction of sp³-hybridized carbons (Fsp3) is 1.00. The Hall–Kier alpha value is 0. The van der Waals surface area contributed by atoms with Crippen molar-refractivity contribution in [2.45, 2.75) is 79.1 Å². The smallest absolute Gasteiger partial charge is 0.0388 e. The van der Waals surface area contributed by atoms with E-state index in [9.17, 15) is 0 Å². The summed E-state index contributed by atoms with van der Waals surface area (Å²) in [6.45, 7) is 9.63. The average molecular weight is 224 g/mol. The molecule has 0 N–H and O–H groups in total. The van der Waals surface area contributed by atoms with Crippen molar-refractivity contribution < 1.29 is 0 Å². The minimum absolute atomic E-state index is 0.875. The Morgan fingerprint density at radius 3 is 2.06 bits per heavy atom. The molecule has 0 nitrogen and oxygen atoms in total. The summed E-state index contributed by atoms with van der Waals surface area (Å²) in [5.41, 5.74) is 0. The molecule has 0 aliphatic heterocycles. The Bertz CT molecular complexity index is 165. The lowest BCUT2D eigenvalue weighted by molar-refractivity contribution is 0.236. The highest BCUT2D eigenvalue weighted by molar-refractivity contribution is 4.72. The molecule has 1 saturated carbocycles. The lowest BCUT2D eigenvalue weighted by Gasteiger charge is -2.28. The molecule has 0 aromatic rings. The van der Waals surface area contributed by atoms with Crippen LogP contribution in [0.4, 0.5) is 0 Å². The molecule has 0 saturated heterocycles. The molecule has 16 heavy (non-hydrogen) atoms. The molecule has 0 heterocycles. The summed E-state index contributed by atoms with van der Waals surface area (Å²) in [6, 6.07) is 0. The molecule has 0 aromatic heterocycles. The van der Waals surface area contributed by atoms with Crippen LogP contribution < -0.4 is 0 Å². The maximum absolute atomic E-state index is 2.50. The summed E-state index contributed by atoms with van der Waals surface area (Å²) < 4.78 is 0. The van der Waals surface area contributed by atoms with Crippen LogP contribution in [0, 0.1) is 23.7 Å². The van der Waals surface area contributed by atoms with Gasteiger partial charge in [-0.1, -0.05) is 72.6 Å². The molecule has 0 bridgehead atoms. The highest BCUT2D eigenvalue weighted by Gasteiger charge is 2.20. The molecule has 0 amide bonds. The lowest BCUT2D eigenvalue weighted by atomic mass is 9.78. The molecule has 0 radical (unpaired) electrons. The zero-order chi connectivity index (χ0) is 12.0. The lowest BCUT2D eigenvalue weighted by Crippen LogP contribution is -2.16. The van der Waals surface area contributed by atoms with Gasteiger partial charge in [0.15, 0.2) is 0 Å². The molecule has 0 aromatic carbocycles. The van der Waals surface area contributed by atoms with Gasteiger partial charge in [0.25, 0.3) is 0 Å². The number of hydrogen-bond donors (Lipinski definition) is 0. The van der Waals surface area contributed by atoms with Crippen LogP contribution in [0.25, 0.3) is 0 Å². The van der Waals surface area contributed by atoms with E-state index in [1.165, 1.54) is 51.4 Å². The van der Waals surface area contributed by atoms with Gasteiger partial charge in [-0.15, -0.1) is 0 Å². The molecule has 0 heteroatoms. The second-order valence-corrected chi connectivity index (χ2v) is 6.69. The summed E-state index contributed by atoms with van der Waals surface area (Å²) in [4.78, 5) is 0. The van der Waals surface area contributed by atoms with Gasteiger partial charge in [-0.2, -0.15) is 0 Å². The third-order valence-electron chi connectivity index (χ3n) is 4.44. The van der Waals surface area contributed by atoms with Crippen LogP contribution in [0.5, 0.6) is 0 Å². The van der Waals surface area contributed by atoms with Gasteiger partial charge in [0.2, 0.25) is 0 Å². The van der Waals surface area contributed by atoms with Crippen molar-refractivity contribution in [1.29, 1.82) is 0 Å². The summed E-state index contributed by atoms with van der Waals surface area (Å²) in [6.07, 6.45) is 11.9. The van der Waals surface area contributed by atoms with E-state index in [0.717, 1.165) is 23.7 Å². The molecule has 2 unspecified atom stereocenters. The van der Waals surface area contributed by atoms with E-state index in [2.05, 4.69) is 27.7 Å². The first-order valence-corrected chi connectivity index (χ1v) is 7.59. The molecular formula is C16H32. The van der Waals surface area contributed by atoms with Crippen molar-refractivity contribution in [3.05, 3.63) is 0 Å². The van der Waals surface area contributed by atoms with Crippen molar-refractivity contribution in [3.8, 4) is 0 Å². The van der Waals surface area contributed by atoms with Gasteiger partial charge in [-0.05, 0) is 30.1 Å². The standard InChI is InChI=1S/C16H32/c1-13(2)12-14(3)10-11-15(4)16-8-6-5-7-9-16/h13-16H,5-12H2,1-4H3. The van der Waals surface area contributed by atoms with Crippen molar-refractivity contribution in [3.63, 3.8) is 0 Å². The zero-order valence-corrected chi connectivity index (χ0v) is 12.0. The first kappa shape index (κ1) is 14.1. The van der Waals surface area contributed by atoms with E-state index in [0.29, 0.717) is 0 Å². The molecule has 96 valence electrons. The number of rotatable bonds is 6. The summed E-state index contributed by atoms with van der Waals surface area (Å²) in [7, 11) is 0. The highest BCUT2D eigenvalue weighted by Crippen LogP contribution is 2.33. The Kier molecular flexibility index (Phi) is 6.46. The quantitative estimate of drug-likeness (QED) is 0.545. The SMILES string of the molecule is CC(C)CC(C)CCC(C)C1CCCCC1. The van der Waals surface area contributed by atoms with Crippen molar-refractivity contribution in [1.82, 2.24) is 0 Å². The third-order valence-corrected chi connectivity index (χ3v) is 4.44. The predicted molar refractivity (Wildman–Crippen MR) is 73.6 cm³/mol. The fourth-order valence-electron chi connectivity index (χ4n) is 3.41. The van der Waals surface area contributed by atoms with E-state index >= 15 is 0 Å². The van der Waals surface area contributed by atoms with Crippen LogP contribution >= 0.6 is 0 Å². The normalized spacial score (nSPS) is 22.3. The van der Waals surface area contributed by atoms with Crippen LogP contribution in [-0.4, -0.2) is 0 Å². The molecular weight excluding hydrogens is 192 g/mol. The summed E-state index contributed by atoms with van der Waals surface area (Å²) in [5, 5.41) is 0. The van der Waals surface area contributed by atoms with Gasteiger partial charge in [0.1, 0.15) is 0 Å². The third kappa shape index (κ3) is 5.37. The second-order valence-electron chi connectivity index (χ2n) is 6.69. The van der Waals surface area contributed by atoms with E-state index in [1.807, 2.05) is 0 Å². The van der Waals surface area contributed by atoms with Gasteiger partial charge < -0.3 is 0 Å². The second kappa shape index (κ2) is 7.35. The van der Waals surface area contributed by atoms with Gasteiger partial charge >= 0.3 is 0 Å². The molecule has 1 rings (SSSR count). The molecule has 1 fully saturated rings. The predicted octanol–water partition coefficient (Wildman–Crippen LogP) is 5.67. The van der Waals surface area contributed by atoms with Crippen LogP contribution in [0.1, 0.15) is 79.1 Å². The maximum atomic E-state index is 2.50. The average Bonchev–Trinajstić information content (AvgIpc) is 2.26. The van der Waals surface area contributed by atoms with Gasteiger partial charge in [0.05, 0.1) is 0 Å². The Morgan fingerprint density at radius 2 is 1.50 bits per heavy atom. The number of hydrogen-bond acceptors (Lipinski definition) is 0. The van der Waals surface area contributed by atoms with Crippen LogP contribution in [-0.2, 0) is 0 Å². The first-order valence-electron chi connectivity index (χ1n) is 7.59. The molecule has 1 aliphatic carbocycles. The topological polar surface area (TPSA) is 0 Å². The van der Waals surface area contributed by atoms with E-state index in [-0.39, 0.29) is 0 Å². The van der Waals surface area contributed by atoms with Gasteiger partial charge in [-0.3, -0.25) is 0 Å². The molecule has 2 atom stereocenters. The maximum Gasteiger partial charge on any atom is -0.0388 e. The zero-order valence-electron chi connectivity index (χ0n) is 12.0. The van der Waals surface area contributed by atoms with E-state index in [1.54, 1.807) is 0 Å². The fourth-order valence-corrected chi connectivity index (χ4v) is 3.41. The van der Waals surface area contributed by atoms with E-state index < -0.39 is 0 Å². The Balaban J connectivity index is 2.15. The van der Waals surface area contributed by atoms with Crippen molar-refractivity contribution >= 4 is 0 Å². The van der Waals surface area contributed by atoms with Crippen molar-refractivity contribution in [2.24, 2.45) is 23.7 Å². The molecule has 1 aliphatic rings. The summed E-state index contributed by atoms with van der Waals surface area (Å²) >= 11 is 0. The van der Waals surface area contributed by atoms with E-state index in [4.69, 9.17) is 0 Å². The highest BCUT2D eigenvalue weighted by atomic mass is 14.3. The van der Waals surface area contributed by atoms with Crippen LogP contribution in [0.2, 0.25) is 0 Å². The Morgan fingerprint density at radius 1 is 0.875 bits per heavy atom. The van der Waals surface area contributed by atoms with Gasteiger partial charge in [-0.25, -0.2) is 0 Å².